The molecule has 0 unspecified atom stereocenters. The predicted molar refractivity (Wildman–Crippen MR) is 68.5 cm³/mol. The van der Waals surface area contributed by atoms with E-state index >= 15 is 0 Å². The molecule has 1 N–H and O–H groups in total. The summed E-state index contributed by atoms with van der Waals surface area (Å²) in [5.41, 5.74) is 0.477. The fourth-order valence-corrected chi connectivity index (χ4v) is 1.78. The average molecular weight is 325 g/mol. The molecule has 0 atom stereocenters. The van der Waals surface area contributed by atoms with Crippen LogP contribution in [0.1, 0.15) is 6.42 Å². The first-order valence-electron chi connectivity index (χ1n) is 4.35. The van der Waals surface area contributed by atoms with Gasteiger partial charge >= 0.3 is 0 Å². The van der Waals surface area contributed by atoms with E-state index in [0.717, 1.165) is 0 Å². The number of hydrogen-bond donors (Lipinski definition) is 1. The highest BCUT2D eigenvalue weighted by atomic mass is 79.9. The van der Waals surface area contributed by atoms with Crippen LogP contribution in [0.25, 0.3) is 0 Å². The molecule has 1 amide bonds. The first-order chi connectivity index (χ1) is 7.51. The highest BCUT2D eigenvalue weighted by Crippen LogP contribution is 2.22. The monoisotopic (exact) mass is 323 g/mol. The lowest BCUT2D eigenvalue weighted by Gasteiger charge is -2.05. The third-order valence-electron chi connectivity index (χ3n) is 1.65. The number of nitrogens with one attached hydrogen (secondary N) is 1. The number of halogens is 3. The number of hydrogen-bond acceptors (Lipinski definition) is 2. The number of benzene rings is 1. The fraction of sp³-hybridized carbons (Fsp3) is 0.200. The van der Waals surface area contributed by atoms with Crippen molar-refractivity contribution in [1.82, 2.24) is 0 Å². The van der Waals surface area contributed by atoms with Crippen molar-refractivity contribution in [2.45, 2.75) is 6.42 Å². The summed E-state index contributed by atoms with van der Waals surface area (Å²) in [6, 6.07) is 4.68. The normalized spacial score (nSPS) is 9.94. The number of carbonyl (C=O) groups excluding carboxylic acids is 2. The molecule has 0 aliphatic carbocycles. The molecule has 1 aromatic rings. The van der Waals surface area contributed by atoms with Crippen LogP contribution in [0.5, 0.6) is 0 Å². The number of ketones is 1. The van der Waals surface area contributed by atoms with Gasteiger partial charge < -0.3 is 5.32 Å². The maximum absolute atomic E-state index is 11.4. The second kappa shape index (κ2) is 6.23. The molecular formula is C10H8BrCl2NO2. The topological polar surface area (TPSA) is 46.2 Å². The summed E-state index contributed by atoms with van der Waals surface area (Å²) in [5, 5.41) is 3.55. The zero-order valence-corrected chi connectivity index (χ0v) is 11.2. The number of rotatable bonds is 4. The van der Waals surface area contributed by atoms with E-state index in [1.807, 2.05) is 0 Å². The van der Waals surface area contributed by atoms with Gasteiger partial charge in [-0.05, 0) is 18.2 Å². The van der Waals surface area contributed by atoms with Gasteiger partial charge in [0, 0.05) is 15.7 Å². The average Bonchev–Trinajstić information content (AvgIpc) is 2.15. The molecule has 1 aromatic carbocycles. The molecule has 0 aromatic heterocycles. The van der Waals surface area contributed by atoms with Gasteiger partial charge in [0.15, 0.2) is 5.78 Å². The summed E-state index contributed by atoms with van der Waals surface area (Å²) < 4.78 is 0. The lowest BCUT2D eigenvalue weighted by atomic mass is 10.2. The number of Topliss-reactive ketones (excluding diaryl/α,β-unsaturated/α-hetero) is 1. The minimum absolute atomic E-state index is 0.163. The quantitative estimate of drug-likeness (QED) is 0.682. The second-order valence-corrected chi connectivity index (χ2v) is 4.49. The van der Waals surface area contributed by atoms with Crippen LogP contribution in [0.2, 0.25) is 10.0 Å². The van der Waals surface area contributed by atoms with Gasteiger partial charge in [-0.25, -0.2) is 0 Å². The first-order valence-corrected chi connectivity index (χ1v) is 6.22. The summed E-state index contributed by atoms with van der Waals surface area (Å²) in [6.07, 6.45) is -0.171. The third kappa shape index (κ3) is 4.51. The summed E-state index contributed by atoms with van der Waals surface area (Å²) >= 11 is 14.5. The highest BCUT2D eigenvalue weighted by molar-refractivity contribution is 9.09. The molecule has 0 spiro atoms. The standard InChI is InChI=1S/C10H8BrCl2NO2/c11-5-9(15)4-10(16)14-8-2-6(12)1-7(13)3-8/h1-3H,4-5H2,(H,14,16). The zero-order chi connectivity index (χ0) is 12.1. The van der Waals surface area contributed by atoms with Gasteiger partial charge in [-0.2, -0.15) is 0 Å². The van der Waals surface area contributed by atoms with Gasteiger partial charge in [0.2, 0.25) is 5.91 Å². The van der Waals surface area contributed by atoms with Crippen molar-refractivity contribution >= 4 is 56.5 Å². The molecule has 86 valence electrons. The van der Waals surface area contributed by atoms with Crippen LogP contribution < -0.4 is 5.32 Å². The molecule has 0 fully saturated rings. The Balaban J connectivity index is 2.66. The van der Waals surface area contributed by atoms with Crippen LogP contribution in [-0.2, 0) is 9.59 Å². The second-order valence-electron chi connectivity index (χ2n) is 3.06. The SMILES string of the molecule is O=C(CBr)CC(=O)Nc1cc(Cl)cc(Cl)c1. The van der Waals surface area contributed by atoms with E-state index in [-0.39, 0.29) is 23.4 Å². The highest BCUT2D eigenvalue weighted by Gasteiger charge is 2.08. The van der Waals surface area contributed by atoms with Crippen molar-refractivity contribution in [2.75, 3.05) is 10.6 Å². The first kappa shape index (κ1) is 13.5. The Morgan fingerprint density at radius 3 is 2.25 bits per heavy atom. The Hall–Kier alpha value is -0.580. The molecule has 3 nitrogen and oxygen atoms in total. The van der Waals surface area contributed by atoms with Gasteiger partial charge in [0.1, 0.15) is 0 Å². The van der Waals surface area contributed by atoms with Crippen LogP contribution in [0.4, 0.5) is 5.69 Å². The molecule has 0 saturated heterocycles. The van der Waals surface area contributed by atoms with E-state index in [4.69, 9.17) is 23.2 Å². The third-order valence-corrected chi connectivity index (χ3v) is 2.71. The molecule has 0 saturated carbocycles. The largest absolute Gasteiger partial charge is 0.326 e. The molecule has 0 aliphatic heterocycles. The molecular weight excluding hydrogens is 317 g/mol. The summed E-state index contributed by atoms with van der Waals surface area (Å²) in [4.78, 5) is 22.4. The maximum atomic E-state index is 11.4. The lowest BCUT2D eigenvalue weighted by Crippen LogP contribution is -2.16. The molecule has 1 rings (SSSR count). The van der Waals surface area contributed by atoms with Gasteiger partial charge in [0.25, 0.3) is 0 Å². The summed E-state index contributed by atoms with van der Waals surface area (Å²) in [5.74, 6) is -0.576. The number of carbonyl (C=O) groups is 2. The smallest absolute Gasteiger partial charge is 0.231 e. The van der Waals surface area contributed by atoms with E-state index in [2.05, 4.69) is 21.2 Å². The predicted octanol–water partition coefficient (Wildman–Crippen LogP) is 3.29. The van der Waals surface area contributed by atoms with Gasteiger partial charge in [0.05, 0.1) is 11.8 Å². The zero-order valence-electron chi connectivity index (χ0n) is 8.10. The van der Waals surface area contributed by atoms with E-state index in [1.54, 1.807) is 18.2 Å². The molecule has 0 aliphatic rings. The van der Waals surface area contributed by atoms with Crippen molar-refractivity contribution in [1.29, 1.82) is 0 Å². The maximum Gasteiger partial charge on any atom is 0.231 e. The van der Waals surface area contributed by atoms with Crippen LogP contribution in [0.15, 0.2) is 18.2 Å². The fourth-order valence-electron chi connectivity index (χ4n) is 1.06. The minimum Gasteiger partial charge on any atom is -0.326 e. The Bertz CT molecular complexity index is 403. The van der Waals surface area contributed by atoms with Crippen molar-refractivity contribution < 1.29 is 9.59 Å². The van der Waals surface area contributed by atoms with Crippen LogP contribution in [0.3, 0.4) is 0 Å². The van der Waals surface area contributed by atoms with Crippen LogP contribution >= 0.6 is 39.1 Å². The van der Waals surface area contributed by atoms with Gasteiger partial charge in [-0.15, -0.1) is 0 Å². The molecule has 0 radical (unpaired) electrons. The van der Waals surface area contributed by atoms with Gasteiger partial charge in [-0.3, -0.25) is 9.59 Å². The summed E-state index contributed by atoms with van der Waals surface area (Å²) in [6.45, 7) is 0. The Morgan fingerprint density at radius 1 is 1.19 bits per heavy atom. The van der Waals surface area contributed by atoms with Gasteiger partial charge in [-0.1, -0.05) is 39.1 Å². The van der Waals surface area contributed by atoms with Crippen molar-refractivity contribution in [3.8, 4) is 0 Å². The molecule has 16 heavy (non-hydrogen) atoms. The van der Waals surface area contributed by atoms with Crippen LogP contribution in [0, 0.1) is 0 Å². The lowest BCUT2D eigenvalue weighted by molar-refractivity contribution is -0.123. The van der Waals surface area contributed by atoms with E-state index in [1.165, 1.54) is 0 Å². The Morgan fingerprint density at radius 2 is 1.75 bits per heavy atom. The number of anilines is 1. The molecule has 0 bridgehead atoms. The van der Waals surface area contributed by atoms with Crippen molar-refractivity contribution in [3.63, 3.8) is 0 Å². The van der Waals surface area contributed by atoms with E-state index in [0.29, 0.717) is 15.7 Å². The van der Waals surface area contributed by atoms with Crippen molar-refractivity contribution in [3.05, 3.63) is 28.2 Å². The van der Waals surface area contributed by atoms with E-state index < -0.39 is 0 Å². The summed E-state index contributed by atoms with van der Waals surface area (Å²) in [7, 11) is 0. The number of alkyl halides is 1. The van der Waals surface area contributed by atoms with Crippen LogP contribution in [-0.4, -0.2) is 17.0 Å². The van der Waals surface area contributed by atoms with Crippen molar-refractivity contribution in [2.24, 2.45) is 0 Å². The molecule has 0 heterocycles. The molecule has 6 heteroatoms. The number of amides is 1. The minimum atomic E-state index is -0.386. The Labute approximate surface area is 111 Å². The van der Waals surface area contributed by atoms with E-state index in [9.17, 15) is 9.59 Å². The Kier molecular flexibility index (Phi) is 5.25.